The molecule has 0 aliphatic heterocycles. The highest BCUT2D eigenvalue weighted by Crippen LogP contribution is 2.22. The molecule has 0 spiro atoms. The van der Waals surface area contributed by atoms with E-state index in [0.717, 1.165) is 18.1 Å². The van der Waals surface area contributed by atoms with Crippen molar-refractivity contribution in [1.29, 1.82) is 0 Å². The molecule has 5 heteroatoms. The van der Waals surface area contributed by atoms with Crippen LogP contribution in [0.4, 0.5) is 13.2 Å². The minimum absolute atomic E-state index is 0.398. The van der Waals surface area contributed by atoms with Gasteiger partial charge in [0.2, 0.25) is 0 Å². The van der Waals surface area contributed by atoms with Crippen LogP contribution in [-0.4, -0.2) is 24.7 Å². The van der Waals surface area contributed by atoms with Gasteiger partial charge in [0.1, 0.15) is 6.61 Å². The summed E-state index contributed by atoms with van der Waals surface area (Å²) in [5.74, 6) is -0.441. The second kappa shape index (κ2) is 5.52. The van der Waals surface area contributed by atoms with E-state index in [-0.39, 0.29) is 0 Å². The molecule has 1 aromatic rings. The number of ether oxygens (including phenoxy) is 1. The third-order valence-corrected chi connectivity index (χ3v) is 2.61. The molecule has 2 nitrogen and oxygen atoms in total. The van der Waals surface area contributed by atoms with E-state index in [0.29, 0.717) is 5.56 Å². The second-order valence-corrected chi connectivity index (χ2v) is 4.24. The molecule has 1 aromatic carbocycles. The third kappa shape index (κ3) is 3.84. The zero-order valence-corrected chi connectivity index (χ0v) is 10.5. The highest BCUT2D eigenvalue weighted by atomic mass is 19.4. The van der Waals surface area contributed by atoms with Crippen LogP contribution in [0.15, 0.2) is 18.2 Å². The molecule has 1 atom stereocenters. The maximum Gasteiger partial charge on any atom is 0.414 e. The molecule has 0 heterocycles. The predicted octanol–water partition coefficient (Wildman–Crippen LogP) is 3.45. The molecular weight excluding hydrogens is 245 g/mol. The van der Waals surface area contributed by atoms with Gasteiger partial charge in [-0.25, -0.2) is 0 Å². The molecule has 0 aliphatic rings. The van der Waals surface area contributed by atoms with Gasteiger partial charge < -0.3 is 4.74 Å². The standard InChI is InChI=1S/C13H15F3O2/c1-8-4-5-11(9(2)6-8)12(17)7-18-10(3)13(14,15)16/h4-6,10H,7H2,1-3H3. The average Bonchev–Trinajstić information content (AvgIpc) is 2.24. The Bertz CT molecular complexity index is 438. The van der Waals surface area contributed by atoms with E-state index in [1.54, 1.807) is 25.1 Å². The number of carbonyl (C=O) groups excluding carboxylic acids is 1. The summed E-state index contributed by atoms with van der Waals surface area (Å²) in [6.07, 6.45) is -6.38. The lowest BCUT2D eigenvalue weighted by Crippen LogP contribution is -2.30. The Hall–Kier alpha value is -1.36. The molecule has 0 aliphatic carbocycles. The van der Waals surface area contributed by atoms with Crippen LogP contribution < -0.4 is 0 Å². The van der Waals surface area contributed by atoms with Gasteiger partial charge in [0.15, 0.2) is 11.9 Å². The lowest BCUT2D eigenvalue weighted by molar-refractivity contribution is -0.210. The van der Waals surface area contributed by atoms with Gasteiger partial charge in [0, 0.05) is 5.56 Å². The van der Waals surface area contributed by atoms with Crippen molar-refractivity contribution in [2.75, 3.05) is 6.61 Å². The first kappa shape index (κ1) is 14.7. The van der Waals surface area contributed by atoms with Crippen molar-refractivity contribution in [3.05, 3.63) is 34.9 Å². The summed E-state index contributed by atoms with van der Waals surface area (Å²) < 4.78 is 41.1. The van der Waals surface area contributed by atoms with Crippen molar-refractivity contribution in [3.8, 4) is 0 Å². The smallest absolute Gasteiger partial charge is 0.361 e. The van der Waals surface area contributed by atoms with Gasteiger partial charge in [-0.3, -0.25) is 4.79 Å². The summed E-state index contributed by atoms with van der Waals surface area (Å²) in [6, 6.07) is 5.16. The Kier molecular flexibility index (Phi) is 4.51. The number of benzene rings is 1. The van der Waals surface area contributed by atoms with Crippen molar-refractivity contribution in [2.24, 2.45) is 0 Å². The molecule has 1 unspecified atom stereocenters. The number of ketones is 1. The van der Waals surface area contributed by atoms with Crippen LogP contribution >= 0.6 is 0 Å². The lowest BCUT2D eigenvalue weighted by atomic mass is 10.0. The summed E-state index contributed by atoms with van der Waals surface area (Å²) in [7, 11) is 0. The van der Waals surface area contributed by atoms with E-state index in [2.05, 4.69) is 4.74 Å². The normalized spacial score (nSPS) is 13.4. The van der Waals surface area contributed by atoms with Crippen LogP contribution in [0.5, 0.6) is 0 Å². The largest absolute Gasteiger partial charge is 0.414 e. The first-order chi connectivity index (χ1) is 8.21. The van der Waals surface area contributed by atoms with Crippen LogP contribution in [0.25, 0.3) is 0 Å². The fourth-order valence-corrected chi connectivity index (χ4v) is 1.50. The van der Waals surface area contributed by atoms with E-state index >= 15 is 0 Å². The van der Waals surface area contributed by atoms with Crippen molar-refractivity contribution in [2.45, 2.75) is 33.1 Å². The molecule has 18 heavy (non-hydrogen) atoms. The maximum absolute atomic E-state index is 12.2. The van der Waals surface area contributed by atoms with Gasteiger partial charge in [0.25, 0.3) is 0 Å². The lowest BCUT2D eigenvalue weighted by Gasteiger charge is -2.16. The average molecular weight is 260 g/mol. The number of carbonyl (C=O) groups is 1. The summed E-state index contributed by atoms with van der Waals surface area (Å²) in [5, 5.41) is 0. The maximum atomic E-state index is 12.2. The SMILES string of the molecule is Cc1ccc(C(=O)COC(C)C(F)(F)F)c(C)c1. The van der Waals surface area contributed by atoms with Crippen LogP contribution in [0.1, 0.15) is 28.4 Å². The molecule has 0 amide bonds. The van der Waals surface area contributed by atoms with E-state index in [1.807, 2.05) is 6.92 Å². The Balaban J connectivity index is 2.66. The Labute approximate surface area is 104 Å². The Morgan fingerprint density at radius 3 is 2.44 bits per heavy atom. The van der Waals surface area contributed by atoms with Gasteiger partial charge in [0.05, 0.1) is 0 Å². The Morgan fingerprint density at radius 2 is 1.94 bits per heavy atom. The fourth-order valence-electron chi connectivity index (χ4n) is 1.50. The van der Waals surface area contributed by atoms with Crippen LogP contribution in [0.2, 0.25) is 0 Å². The Morgan fingerprint density at radius 1 is 1.33 bits per heavy atom. The van der Waals surface area contributed by atoms with Gasteiger partial charge in [-0.15, -0.1) is 0 Å². The molecule has 1 rings (SSSR count). The molecule has 0 saturated carbocycles. The summed E-state index contributed by atoms with van der Waals surface area (Å²) >= 11 is 0. The molecule has 0 saturated heterocycles. The predicted molar refractivity (Wildman–Crippen MR) is 61.7 cm³/mol. The zero-order chi connectivity index (χ0) is 13.9. The first-order valence-corrected chi connectivity index (χ1v) is 5.50. The quantitative estimate of drug-likeness (QED) is 0.775. The highest BCUT2D eigenvalue weighted by molar-refractivity contribution is 5.98. The second-order valence-electron chi connectivity index (χ2n) is 4.24. The van der Waals surface area contributed by atoms with E-state index in [9.17, 15) is 18.0 Å². The van der Waals surface area contributed by atoms with E-state index in [1.165, 1.54) is 0 Å². The summed E-state index contributed by atoms with van der Waals surface area (Å²) in [5.41, 5.74) is 2.13. The van der Waals surface area contributed by atoms with Gasteiger partial charge in [-0.2, -0.15) is 13.2 Å². The monoisotopic (exact) mass is 260 g/mol. The number of alkyl halides is 3. The van der Waals surface area contributed by atoms with Gasteiger partial charge >= 0.3 is 6.18 Å². The fraction of sp³-hybridized carbons (Fsp3) is 0.462. The molecule has 0 bridgehead atoms. The van der Waals surface area contributed by atoms with Crippen molar-refractivity contribution < 1.29 is 22.7 Å². The molecular formula is C13H15F3O2. The zero-order valence-electron chi connectivity index (χ0n) is 10.5. The molecule has 0 N–H and O–H groups in total. The van der Waals surface area contributed by atoms with Gasteiger partial charge in [-0.1, -0.05) is 23.8 Å². The number of hydrogen-bond donors (Lipinski definition) is 0. The minimum atomic E-state index is -4.44. The third-order valence-electron chi connectivity index (χ3n) is 2.61. The molecule has 0 aromatic heterocycles. The highest BCUT2D eigenvalue weighted by Gasteiger charge is 2.37. The van der Waals surface area contributed by atoms with Crippen LogP contribution in [0, 0.1) is 13.8 Å². The molecule has 100 valence electrons. The van der Waals surface area contributed by atoms with Crippen molar-refractivity contribution >= 4 is 5.78 Å². The van der Waals surface area contributed by atoms with Gasteiger partial charge in [-0.05, 0) is 26.3 Å². The summed E-state index contributed by atoms with van der Waals surface area (Å²) in [4.78, 5) is 11.7. The van der Waals surface area contributed by atoms with E-state index < -0.39 is 24.7 Å². The van der Waals surface area contributed by atoms with Crippen molar-refractivity contribution in [3.63, 3.8) is 0 Å². The number of rotatable bonds is 4. The number of hydrogen-bond acceptors (Lipinski definition) is 2. The number of aryl methyl sites for hydroxylation is 2. The van der Waals surface area contributed by atoms with Crippen LogP contribution in [-0.2, 0) is 4.74 Å². The summed E-state index contributed by atoms with van der Waals surface area (Å²) in [6.45, 7) is 3.94. The number of Topliss-reactive ketones (excluding diaryl/α,β-unsaturated/α-hetero) is 1. The van der Waals surface area contributed by atoms with Crippen LogP contribution in [0.3, 0.4) is 0 Å². The minimum Gasteiger partial charge on any atom is -0.361 e. The number of halogens is 3. The van der Waals surface area contributed by atoms with Crippen molar-refractivity contribution in [1.82, 2.24) is 0 Å². The topological polar surface area (TPSA) is 26.3 Å². The molecule has 0 fully saturated rings. The molecule has 0 radical (unpaired) electrons. The first-order valence-electron chi connectivity index (χ1n) is 5.50. The van der Waals surface area contributed by atoms with E-state index in [4.69, 9.17) is 0 Å².